The fraction of sp³-hybridized carbons (Fsp3) is 0.513. The second-order valence-electron chi connectivity index (χ2n) is 14.9. The Bertz CT molecular complexity index is 1870. The van der Waals surface area contributed by atoms with Gasteiger partial charge < -0.3 is 35.8 Å². The number of ether oxygens (including phenoxy) is 1. The lowest BCUT2D eigenvalue weighted by molar-refractivity contribution is -0.138. The maximum atomic E-state index is 15.9. The highest BCUT2D eigenvalue weighted by Gasteiger charge is 2.48. The molecule has 56 heavy (non-hydrogen) atoms. The molecule has 2 aliphatic carbocycles. The fourth-order valence-electron chi connectivity index (χ4n) is 7.15. The number of alkyl carbamates (subject to hydrolysis) is 1. The number of carbonyl (C=O) groups is 5. The van der Waals surface area contributed by atoms with Gasteiger partial charge in [0.1, 0.15) is 42.9 Å². The van der Waals surface area contributed by atoms with Crippen molar-refractivity contribution in [2.75, 3.05) is 45.2 Å². The van der Waals surface area contributed by atoms with Crippen LogP contribution in [-0.4, -0.2) is 108 Å². The number of aryl methyl sites for hydroxylation is 1. The number of hydrogen-bond donors (Lipinski definition) is 4. The Morgan fingerprint density at radius 1 is 0.893 bits per heavy atom. The number of alkyl halides is 1. The number of carbonyl (C=O) groups excluding carboxylic acids is 5. The van der Waals surface area contributed by atoms with E-state index >= 15 is 4.39 Å². The second-order valence-corrected chi connectivity index (χ2v) is 14.9. The molecule has 1 aliphatic heterocycles. The molecule has 15 nitrogen and oxygen atoms in total. The fourth-order valence-corrected chi connectivity index (χ4v) is 7.15. The minimum absolute atomic E-state index is 0.0398. The first kappa shape index (κ1) is 40.2. The molecule has 3 aromatic rings. The van der Waals surface area contributed by atoms with Crippen molar-refractivity contribution < 1.29 is 42.1 Å². The van der Waals surface area contributed by atoms with Gasteiger partial charge in [-0.05, 0) is 85.8 Å². The van der Waals surface area contributed by atoms with Crippen molar-refractivity contribution in [3.63, 3.8) is 0 Å². The van der Waals surface area contributed by atoms with Crippen molar-refractivity contribution in [1.29, 1.82) is 0 Å². The van der Waals surface area contributed by atoms with Crippen LogP contribution in [-0.2, 0) is 25.7 Å². The number of rotatable bonds is 16. The molecule has 3 fully saturated rings. The molecule has 6 rings (SSSR count). The van der Waals surface area contributed by atoms with Gasteiger partial charge in [0, 0.05) is 32.1 Å². The van der Waals surface area contributed by atoms with E-state index in [9.17, 15) is 28.4 Å². The number of benzene rings is 2. The van der Waals surface area contributed by atoms with Crippen molar-refractivity contribution >= 4 is 35.4 Å². The highest BCUT2D eigenvalue weighted by atomic mass is 19.1. The highest BCUT2D eigenvalue weighted by Crippen LogP contribution is 2.51. The summed E-state index contributed by atoms with van der Waals surface area (Å²) in [5.41, 5.74) is 1.09. The molecule has 0 radical (unpaired) electrons. The molecule has 0 spiro atoms. The van der Waals surface area contributed by atoms with Gasteiger partial charge in [0.15, 0.2) is 5.69 Å². The van der Waals surface area contributed by atoms with Gasteiger partial charge in [-0.2, -0.15) is 0 Å². The molecule has 2 saturated carbocycles. The Morgan fingerprint density at radius 3 is 2.16 bits per heavy atom. The number of hydrogen-bond acceptors (Lipinski definition) is 10. The molecule has 300 valence electrons. The highest BCUT2D eigenvalue weighted by molar-refractivity contribution is 6.01. The van der Waals surface area contributed by atoms with Crippen LogP contribution in [0.5, 0.6) is 0 Å². The number of aromatic nitrogens is 2. The van der Waals surface area contributed by atoms with Crippen LogP contribution in [0.2, 0.25) is 0 Å². The molecule has 17 heteroatoms. The van der Waals surface area contributed by atoms with E-state index in [1.807, 2.05) is 11.9 Å². The van der Waals surface area contributed by atoms with E-state index in [4.69, 9.17) is 4.74 Å². The van der Waals surface area contributed by atoms with Crippen LogP contribution < -0.4 is 21.3 Å². The molecule has 2 heterocycles. The lowest BCUT2D eigenvalue weighted by Gasteiger charge is -2.36. The lowest BCUT2D eigenvalue weighted by atomic mass is 9.88. The Balaban J connectivity index is 1.17. The second kappa shape index (κ2) is 18.0. The number of anilines is 1. The molecule has 2 aromatic carbocycles. The zero-order valence-corrected chi connectivity index (χ0v) is 31.6. The molecule has 0 bridgehead atoms. The summed E-state index contributed by atoms with van der Waals surface area (Å²) in [5.74, 6) is -3.90. The van der Waals surface area contributed by atoms with Gasteiger partial charge >= 0.3 is 6.09 Å². The molecule has 5 amide bonds. The molecule has 3 aliphatic rings. The van der Waals surface area contributed by atoms with E-state index < -0.39 is 66.3 Å². The van der Waals surface area contributed by atoms with Gasteiger partial charge in [-0.15, -0.1) is 0 Å². The third-order valence-electron chi connectivity index (χ3n) is 10.8. The molecule has 4 atom stereocenters. The summed E-state index contributed by atoms with van der Waals surface area (Å²) < 4.78 is 40.0. The number of amides is 5. The van der Waals surface area contributed by atoms with Gasteiger partial charge in [-0.1, -0.05) is 48.5 Å². The summed E-state index contributed by atoms with van der Waals surface area (Å²) in [6.07, 6.45) is 2.69. The van der Waals surface area contributed by atoms with Crippen LogP contribution in [0.25, 0.3) is 0 Å². The minimum Gasteiger partial charge on any atom is -0.445 e. The van der Waals surface area contributed by atoms with Crippen LogP contribution in [0.4, 0.5) is 19.3 Å². The quantitative estimate of drug-likeness (QED) is 0.168. The zero-order valence-electron chi connectivity index (χ0n) is 31.6. The monoisotopic (exact) mass is 778 g/mol. The summed E-state index contributed by atoms with van der Waals surface area (Å²) in [6, 6.07) is 8.96. The third-order valence-corrected chi connectivity index (χ3v) is 10.8. The van der Waals surface area contributed by atoms with E-state index in [-0.39, 0.29) is 41.4 Å². The van der Waals surface area contributed by atoms with Gasteiger partial charge in [0.05, 0.1) is 5.69 Å². The maximum Gasteiger partial charge on any atom is 0.408 e. The topological polar surface area (TPSA) is 188 Å². The van der Waals surface area contributed by atoms with Crippen LogP contribution in [0.1, 0.15) is 65.8 Å². The Kier molecular flexibility index (Phi) is 12.9. The third kappa shape index (κ3) is 10.0. The number of nitrogens with one attached hydrogen (secondary N) is 4. The van der Waals surface area contributed by atoms with Crippen LogP contribution >= 0.6 is 0 Å². The number of likely N-dealkylation sites (N-methyl/N-ethyl adjacent to an activating group) is 1. The average molecular weight is 779 g/mol. The van der Waals surface area contributed by atoms with Crippen LogP contribution in [0, 0.1) is 30.5 Å². The molecule has 0 unspecified atom stereocenters. The predicted octanol–water partition coefficient (Wildman–Crippen LogP) is 3.32. The van der Waals surface area contributed by atoms with Crippen molar-refractivity contribution in [3.05, 3.63) is 76.9 Å². The first-order valence-corrected chi connectivity index (χ1v) is 18.9. The van der Waals surface area contributed by atoms with E-state index in [0.717, 1.165) is 25.7 Å². The SMILES string of the molecule is Cc1nonc1C(=O)N[C@H](C(=O)Nc1ccc([C@H](C)[C@@H](NC(=O)[C@H](CF)NC(=O)OCc2ccccc2)C(=O)N2CCN(C)CC2)cc1F)C(C1CC1)C1CC1. The number of nitrogens with zero attached hydrogens (tertiary/aromatic N) is 4. The van der Waals surface area contributed by atoms with Crippen molar-refractivity contribution in [1.82, 2.24) is 36.1 Å². The zero-order chi connectivity index (χ0) is 39.9. The number of piperazine rings is 1. The van der Waals surface area contributed by atoms with E-state index in [1.165, 1.54) is 18.2 Å². The van der Waals surface area contributed by atoms with Gasteiger partial charge in [0.25, 0.3) is 5.91 Å². The summed E-state index contributed by atoms with van der Waals surface area (Å²) in [6.45, 7) is 3.73. The lowest BCUT2D eigenvalue weighted by Crippen LogP contribution is -2.58. The van der Waals surface area contributed by atoms with Crippen LogP contribution in [0.15, 0.2) is 53.2 Å². The normalized spacial score (nSPS) is 18.0. The standard InChI is InChI=1S/C39H48F2N8O7/c1-22(32(38(53)49-17-15-48(3)16-18-49)44-35(50)30(20-40)43-39(54)55-21-24-7-5-4-6-8-24)27-13-14-29(28(41)19-27)42-37(52)34(31(25-9-10-25)26-11-12-26)45-36(51)33-23(2)46-56-47-33/h4-8,13-14,19,22,25-26,30-32,34H,9-12,15-18,20-21H2,1-3H3,(H,42,52)(H,43,54)(H,44,50)(H,45,51)/t22-,30-,32+,34-/m0/s1. The van der Waals surface area contributed by atoms with E-state index in [1.54, 1.807) is 49.1 Å². The van der Waals surface area contributed by atoms with Crippen molar-refractivity contribution in [3.8, 4) is 0 Å². The predicted molar refractivity (Wildman–Crippen MR) is 198 cm³/mol. The van der Waals surface area contributed by atoms with E-state index in [0.29, 0.717) is 37.3 Å². The number of halogens is 2. The summed E-state index contributed by atoms with van der Waals surface area (Å²) in [7, 11) is 1.92. The van der Waals surface area contributed by atoms with Gasteiger partial charge in [0.2, 0.25) is 17.7 Å². The first-order valence-electron chi connectivity index (χ1n) is 18.9. The Labute approximate surface area is 323 Å². The summed E-state index contributed by atoms with van der Waals surface area (Å²) in [4.78, 5) is 70.6. The Hall–Kier alpha value is -5.45. The summed E-state index contributed by atoms with van der Waals surface area (Å²) >= 11 is 0. The molecule has 1 aromatic heterocycles. The first-order chi connectivity index (χ1) is 26.9. The van der Waals surface area contributed by atoms with E-state index in [2.05, 4.69) is 36.2 Å². The molecular formula is C39H48F2N8O7. The minimum atomic E-state index is -1.67. The molecule has 4 N–H and O–H groups in total. The van der Waals surface area contributed by atoms with Crippen molar-refractivity contribution in [2.45, 2.75) is 70.2 Å². The average Bonchev–Trinajstić information content (AvgIpc) is 4.15. The maximum absolute atomic E-state index is 15.9. The molecule has 1 saturated heterocycles. The van der Waals surface area contributed by atoms with Gasteiger partial charge in [-0.25, -0.2) is 18.2 Å². The van der Waals surface area contributed by atoms with Crippen LogP contribution in [0.3, 0.4) is 0 Å². The summed E-state index contributed by atoms with van der Waals surface area (Å²) in [5, 5.41) is 17.6. The van der Waals surface area contributed by atoms with Crippen molar-refractivity contribution in [2.24, 2.45) is 17.8 Å². The van der Waals surface area contributed by atoms with Gasteiger partial charge in [-0.3, -0.25) is 19.2 Å². The smallest absolute Gasteiger partial charge is 0.408 e. The molecular weight excluding hydrogens is 730 g/mol. The Morgan fingerprint density at radius 2 is 1.57 bits per heavy atom. The largest absolute Gasteiger partial charge is 0.445 e.